The molecule has 0 amide bonds. The van der Waals surface area contributed by atoms with Gasteiger partial charge in [0.1, 0.15) is 5.76 Å². The predicted molar refractivity (Wildman–Crippen MR) is 228 cm³/mol. The molecular weight excluding hydrogens is 617 g/mol. The van der Waals surface area contributed by atoms with Crippen LogP contribution in [0.4, 0.5) is 0 Å². The number of aliphatic hydroxyl groups is 1. The first kappa shape index (κ1) is 39.2. The van der Waals surface area contributed by atoms with E-state index in [-0.39, 0.29) is 10.8 Å². The monoisotopic (exact) mass is 676 g/mol. The van der Waals surface area contributed by atoms with E-state index in [0.717, 1.165) is 41.6 Å². The van der Waals surface area contributed by atoms with E-state index in [4.69, 9.17) is 0 Å². The van der Waals surface area contributed by atoms with Crippen LogP contribution in [0.3, 0.4) is 0 Å². The van der Waals surface area contributed by atoms with Crippen LogP contribution in [-0.2, 0) is 10.8 Å². The van der Waals surface area contributed by atoms with E-state index in [1.165, 1.54) is 60.5 Å². The van der Waals surface area contributed by atoms with Crippen LogP contribution in [0.2, 0.25) is 0 Å². The molecule has 1 aliphatic carbocycles. The van der Waals surface area contributed by atoms with E-state index in [9.17, 15) is 5.11 Å². The number of hydrogen-bond donors (Lipinski definition) is 1. The Hall–Kier alpha value is -4.62. The summed E-state index contributed by atoms with van der Waals surface area (Å²) in [5.41, 5.74) is 12.3. The smallest absolute Gasteiger partial charge is 0.114 e. The standard InChI is InChI=1S/C48H54O.C2H6/c1-12-15-19-45(49)35(14-3)27-34(13-2)31(4)26-43-33(6)42-25-24-38(30-44(42)48(43,10)11)37-17-16-18-39-28-41(47(7,8)9)29-40-23-21-36(20-22-37)32(5)46(39)40;1-2/h13,16-30,49H,4,6,12,14-15H2,1-3,5,7-11H3;1-2H3/b17-16?,18-16?,22-20?,34-13+,35-27-,36-20?,37-17?,37-22?,39-18?,43-26+,45-19-;. The van der Waals surface area contributed by atoms with Crippen molar-refractivity contribution in [3.05, 3.63) is 161 Å². The molecule has 4 aromatic rings. The predicted octanol–water partition coefficient (Wildman–Crippen LogP) is 15.2. The highest BCUT2D eigenvalue weighted by molar-refractivity contribution is 6.04. The van der Waals surface area contributed by atoms with Gasteiger partial charge in [-0.3, -0.25) is 0 Å². The summed E-state index contributed by atoms with van der Waals surface area (Å²) in [6, 6.07) is 27.3. The highest BCUT2D eigenvalue weighted by Gasteiger charge is 2.37. The van der Waals surface area contributed by atoms with Crippen LogP contribution in [0.15, 0.2) is 138 Å². The first-order valence-electron chi connectivity index (χ1n) is 18.9. The van der Waals surface area contributed by atoms with Crippen molar-refractivity contribution in [2.75, 3.05) is 0 Å². The lowest BCUT2D eigenvalue weighted by atomic mass is 9.80. The zero-order chi connectivity index (χ0) is 37.7. The molecule has 5 rings (SSSR count). The van der Waals surface area contributed by atoms with Crippen LogP contribution < -0.4 is 0 Å². The molecule has 2 bridgehead atoms. The van der Waals surface area contributed by atoms with Gasteiger partial charge in [0.15, 0.2) is 0 Å². The first-order chi connectivity index (χ1) is 24.2. The maximum Gasteiger partial charge on any atom is 0.114 e. The van der Waals surface area contributed by atoms with Gasteiger partial charge in [-0.25, -0.2) is 0 Å². The zero-order valence-corrected chi connectivity index (χ0v) is 33.2. The maximum atomic E-state index is 10.7. The summed E-state index contributed by atoms with van der Waals surface area (Å²) in [5.74, 6) is 0.364. The maximum absolute atomic E-state index is 10.7. The van der Waals surface area contributed by atoms with Crippen molar-refractivity contribution < 1.29 is 5.11 Å². The van der Waals surface area contributed by atoms with Gasteiger partial charge in [-0.2, -0.15) is 0 Å². The molecule has 4 aromatic carbocycles. The second-order valence-corrected chi connectivity index (χ2v) is 15.1. The van der Waals surface area contributed by atoms with Gasteiger partial charge in [0.05, 0.1) is 0 Å². The molecule has 0 heterocycles. The van der Waals surface area contributed by atoms with Crippen LogP contribution in [0.25, 0.3) is 38.2 Å². The van der Waals surface area contributed by atoms with Crippen LogP contribution in [0.1, 0.15) is 111 Å². The van der Waals surface area contributed by atoms with E-state index in [0.29, 0.717) is 5.76 Å². The third-order valence-corrected chi connectivity index (χ3v) is 10.3. The van der Waals surface area contributed by atoms with Crippen molar-refractivity contribution in [1.82, 2.24) is 0 Å². The Kier molecular flexibility index (Phi) is 12.4. The summed E-state index contributed by atoms with van der Waals surface area (Å²) >= 11 is 0. The molecule has 0 saturated carbocycles. The molecule has 0 unspecified atom stereocenters. The molecule has 0 spiro atoms. The van der Waals surface area contributed by atoms with E-state index < -0.39 is 0 Å². The average Bonchev–Trinajstić information content (AvgIpc) is 3.29. The fraction of sp³-hybridized carbons (Fsp3) is 0.320. The lowest BCUT2D eigenvalue weighted by molar-refractivity contribution is 0.417. The number of hydrogen-bond acceptors (Lipinski definition) is 1. The number of aliphatic hydroxyl groups excluding tert-OH is 1. The van der Waals surface area contributed by atoms with Gasteiger partial charge in [0, 0.05) is 5.41 Å². The van der Waals surface area contributed by atoms with Crippen molar-refractivity contribution in [2.45, 2.75) is 106 Å². The molecule has 51 heavy (non-hydrogen) atoms. The first-order valence-corrected chi connectivity index (χ1v) is 18.9. The SMILES string of the molecule is C=C(/C=C1\C(=C)c2ccc(-c3cccc4cc(C(C)(C)C)cc5ccc(cc3)c(C)c45)cc2C1(C)C)C(/C=C(CC)\C(O)=C\CCC)=C/C.CC. The Morgan fingerprint density at radius 1 is 0.863 bits per heavy atom. The Morgan fingerprint density at radius 2 is 1.49 bits per heavy atom. The van der Waals surface area contributed by atoms with Crippen molar-refractivity contribution in [1.29, 1.82) is 0 Å². The molecule has 0 aliphatic heterocycles. The minimum Gasteiger partial charge on any atom is -0.508 e. The quantitative estimate of drug-likeness (QED) is 0.145. The highest BCUT2D eigenvalue weighted by Crippen LogP contribution is 2.50. The summed E-state index contributed by atoms with van der Waals surface area (Å²) in [4.78, 5) is 0. The molecule has 0 radical (unpaired) electrons. The molecule has 266 valence electrons. The van der Waals surface area contributed by atoms with Gasteiger partial charge in [-0.15, -0.1) is 0 Å². The van der Waals surface area contributed by atoms with Crippen LogP contribution in [0, 0.1) is 6.92 Å². The Bertz CT molecular complexity index is 2110. The van der Waals surface area contributed by atoms with Crippen LogP contribution in [-0.4, -0.2) is 5.11 Å². The normalized spacial score (nSPS) is 15.5. The van der Waals surface area contributed by atoms with Crippen LogP contribution in [0.5, 0.6) is 0 Å². The molecular formula is C50H60O. The number of fused-ring (bicyclic) bond motifs is 2. The number of allylic oxidation sites excluding steroid dienone is 9. The third-order valence-electron chi connectivity index (χ3n) is 10.3. The van der Waals surface area contributed by atoms with Gasteiger partial charge >= 0.3 is 0 Å². The summed E-state index contributed by atoms with van der Waals surface area (Å²) in [7, 11) is 0. The number of rotatable bonds is 8. The van der Waals surface area contributed by atoms with Gasteiger partial charge in [-0.05, 0) is 133 Å². The molecule has 0 atom stereocenters. The van der Waals surface area contributed by atoms with Gasteiger partial charge < -0.3 is 5.11 Å². The lowest BCUT2D eigenvalue weighted by Gasteiger charge is -2.23. The number of unbranched alkanes of at least 4 members (excludes halogenated alkanes) is 1. The summed E-state index contributed by atoms with van der Waals surface area (Å²) in [5, 5.41) is 15.8. The molecule has 1 aliphatic rings. The lowest BCUT2D eigenvalue weighted by Crippen LogP contribution is -2.15. The van der Waals surface area contributed by atoms with Crippen molar-refractivity contribution >= 4 is 27.1 Å². The van der Waals surface area contributed by atoms with E-state index in [2.05, 4.69) is 160 Å². The highest BCUT2D eigenvalue weighted by atomic mass is 16.3. The summed E-state index contributed by atoms with van der Waals surface area (Å²) in [6.07, 6.45) is 10.9. The summed E-state index contributed by atoms with van der Waals surface area (Å²) < 4.78 is 0. The third kappa shape index (κ3) is 8.15. The Labute approximate surface area is 309 Å². The van der Waals surface area contributed by atoms with E-state index in [1.54, 1.807) is 0 Å². The van der Waals surface area contributed by atoms with Gasteiger partial charge in [-0.1, -0.05) is 161 Å². The Morgan fingerprint density at radius 3 is 2.12 bits per heavy atom. The van der Waals surface area contributed by atoms with E-state index in [1.807, 2.05) is 26.8 Å². The average molecular weight is 677 g/mol. The minimum absolute atomic E-state index is 0.0698. The fourth-order valence-electron chi connectivity index (χ4n) is 7.14. The van der Waals surface area contributed by atoms with Crippen molar-refractivity contribution in [3.8, 4) is 11.1 Å². The van der Waals surface area contributed by atoms with Crippen LogP contribution >= 0.6 is 0 Å². The number of benzene rings is 3. The second kappa shape index (κ2) is 16.2. The molecule has 1 heteroatoms. The molecule has 0 fully saturated rings. The van der Waals surface area contributed by atoms with Crippen molar-refractivity contribution in [3.63, 3.8) is 0 Å². The topological polar surface area (TPSA) is 20.2 Å². The molecule has 0 aromatic heterocycles. The molecule has 1 nitrogen and oxygen atoms in total. The fourth-order valence-corrected chi connectivity index (χ4v) is 7.14. The zero-order valence-electron chi connectivity index (χ0n) is 33.2. The van der Waals surface area contributed by atoms with Gasteiger partial charge in [0.2, 0.25) is 0 Å². The van der Waals surface area contributed by atoms with Crippen molar-refractivity contribution in [2.24, 2.45) is 0 Å². The van der Waals surface area contributed by atoms with E-state index >= 15 is 0 Å². The second-order valence-electron chi connectivity index (χ2n) is 15.1. The largest absolute Gasteiger partial charge is 0.508 e. The van der Waals surface area contributed by atoms with Gasteiger partial charge in [0.25, 0.3) is 0 Å². The molecule has 0 saturated heterocycles. The number of aryl methyl sites for hydroxylation is 1. The molecule has 1 N–H and O–H groups in total. The summed E-state index contributed by atoms with van der Waals surface area (Å²) in [6.45, 7) is 32.9. The Balaban J connectivity index is 0.00000286. The minimum atomic E-state index is -0.259.